The molecule has 0 fully saturated rings. The maximum absolute atomic E-state index is 13.0. The quantitative estimate of drug-likeness (QED) is 0.431. The normalized spacial score (nSPS) is 11.6. The minimum atomic E-state index is -0.670. The van der Waals surface area contributed by atoms with Gasteiger partial charge in [-0.1, -0.05) is 24.3 Å². The minimum absolute atomic E-state index is 0.206. The van der Waals surface area contributed by atoms with Gasteiger partial charge in [-0.3, -0.25) is 14.2 Å². The van der Waals surface area contributed by atoms with Crippen molar-refractivity contribution in [2.75, 3.05) is 7.05 Å². The average Bonchev–Trinajstić information content (AvgIpc) is 2.73. The highest BCUT2D eigenvalue weighted by Gasteiger charge is 2.23. The summed E-state index contributed by atoms with van der Waals surface area (Å²) in [5.74, 6) is -0.417. The molecule has 168 valence electrons. The molecule has 2 aromatic carbocycles. The topological polar surface area (TPSA) is 90.7 Å². The standard InChI is InChI=1S/C24H27N3O5/c1-16-25-20-12-11-17(14-26(5)32-22(29)18-9-7-6-8-10-18)13-19(20)21(28)27(16)15-31-23(30)24(2,3)4/h6-13H,14-15H2,1-5H3. The van der Waals surface area contributed by atoms with Gasteiger partial charge in [0.05, 0.1) is 28.4 Å². The highest BCUT2D eigenvalue weighted by atomic mass is 16.7. The molecule has 8 heteroatoms. The van der Waals surface area contributed by atoms with Crippen LogP contribution < -0.4 is 5.56 Å². The fourth-order valence-electron chi connectivity index (χ4n) is 3.03. The highest BCUT2D eigenvalue weighted by molar-refractivity contribution is 5.89. The van der Waals surface area contributed by atoms with Crippen molar-refractivity contribution in [2.45, 2.75) is 41.0 Å². The number of hydroxylamine groups is 2. The van der Waals surface area contributed by atoms with Gasteiger partial charge in [0.2, 0.25) is 0 Å². The third kappa shape index (κ3) is 5.39. The Kier molecular flexibility index (Phi) is 6.74. The van der Waals surface area contributed by atoms with Crippen LogP contribution in [0, 0.1) is 12.3 Å². The molecular weight excluding hydrogens is 410 g/mol. The third-order valence-electron chi connectivity index (χ3n) is 4.80. The van der Waals surface area contributed by atoms with Crippen molar-refractivity contribution < 1.29 is 19.2 Å². The first-order chi connectivity index (χ1) is 15.1. The zero-order chi connectivity index (χ0) is 23.5. The van der Waals surface area contributed by atoms with Crippen molar-refractivity contribution in [3.63, 3.8) is 0 Å². The summed E-state index contributed by atoms with van der Waals surface area (Å²) in [5.41, 5.74) is 0.780. The lowest BCUT2D eigenvalue weighted by Crippen LogP contribution is -2.30. The van der Waals surface area contributed by atoms with Crippen molar-refractivity contribution in [3.8, 4) is 0 Å². The van der Waals surface area contributed by atoms with E-state index in [0.717, 1.165) is 5.56 Å². The lowest BCUT2D eigenvalue weighted by atomic mass is 9.98. The van der Waals surface area contributed by atoms with Crippen LogP contribution in [0.15, 0.2) is 53.3 Å². The lowest BCUT2D eigenvalue weighted by molar-refractivity contribution is -0.157. The summed E-state index contributed by atoms with van der Waals surface area (Å²) in [4.78, 5) is 47.2. The molecular formula is C24H27N3O5. The Labute approximate surface area is 186 Å². The zero-order valence-corrected chi connectivity index (χ0v) is 18.9. The van der Waals surface area contributed by atoms with Gasteiger partial charge in [-0.2, -0.15) is 0 Å². The maximum Gasteiger partial charge on any atom is 0.357 e. The van der Waals surface area contributed by atoms with E-state index >= 15 is 0 Å². The fourth-order valence-corrected chi connectivity index (χ4v) is 3.03. The summed E-state index contributed by atoms with van der Waals surface area (Å²) in [6.07, 6.45) is 0. The van der Waals surface area contributed by atoms with E-state index < -0.39 is 17.4 Å². The largest absolute Gasteiger partial charge is 0.443 e. The van der Waals surface area contributed by atoms with Crippen molar-refractivity contribution >= 4 is 22.8 Å². The second kappa shape index (κ2) is 9.32. The first-order valence-electron chi connectivity index (χ1n) is 10.2. The van der Waals surface area contributed by atoms with Crippen LogP contribution in [-0.4, -0.2) is 33.6 Å². The molecule has 0 saturated carbocycles. The maximum atomic E-state index is 13.0. The molecule has 0 N–H and O–H groups in total. The molecule has 8 nitrogen and oxygen atoms in total. The average molecular weight is 437 g/mol. The number of hydrogen-bond donors (Lipinski definition) is 0. The Balaban J connectivity index is 1.79. The molecule has 0 aliphatic heterocycles. The molecule has 0 amide bonds. The van der Waals surface area contributed by atoms with Crippen molar-refractivity contribution in [1.29, 1.82) is 0 Å². The van der Waals surface area contributed by atoms with Crippen molar-refractivity contribution in [2.24, 2.45) is 5.41 Å². The summed E-state index contributed by atoms with van der Waals surface area (Å²) >= 11 is 0. The van der Waals surface area contributed by atoms with Crippen LogP contribution >= 0.6 is 0 Å². The number of hydrogen-bond acceptors (Lipinski definition) is 7. The molecule has 32 heavy (non-hydrogen) atoms. The second-order valence-electron chi connectivity index (χ2n) is 8.59. The summed E-state index contributed by atoms with van der Waals surface area (Å²) in [6.45, 7) is 7.00. The van der Waals surface area contributed by atoms with Crippen molar-refractivity contribution in [3.05, 3.63) is 75.8 Å². The monoisotopic (exact) mass is 437 g/mol. The van der Waals surface area contributed by atoms with Gasteiger partial charge in [0.15, 0.2) is 6.73 Å². The second-order valence-corrected chi connectivity index (χ2v) is 8.59. The van der Waals surface area contributed by atoms with Gasteiger partial charge < -0.3 is 9.57 Å². The van der Waals surface area contributed by atoms with E-state index in [1.165, 1.54) is 9.63 Å². The first kappa shape index (κ1) is 23.1. The Bertz CT molecular complexity index is 1200. The SMILES string of the molecule is Cc1nc2ccc(CN(C)OC(=O)c3ccccc3)cc2c(=O)n1COC(=O)C(C)(C)C. The van der Waals surface area contributed by atoms with Crippen LogP contribution in [-0.2, 0) is 27.6 Å². The zero-order valence-electron chi connectivity index (χ0n) is 18.9. The molecule has 1 aromatic heterocycles. The molecule has 0 saturated heterocycles. The smallest absolute Gasteiger partial charge is 0.357 e. The van der Waals surface area contributed by atoms with Gasteiger partial charge in [0, 0.05) is 7.05 Å². The number of fused-ring (bicyclic) bond motifs is 1. The van der Waals surface area contributed by atoms with Gasteiger partial charge in [0.25, 0.3) is 5.56 Å². The molecule has 0 bridgehead atoms. The minimum Gasteiger partial charge on any atom is -0.443 e. The van der Waals surface area contributed by atoms with Crippen LogP contribution in [0.25, 0.3) is 10.9 Å². The van der Waals surface area contributed by atoms with E-state index in [1.807, 2.05) is 12.1 Å². The van der Waals surface area contributed by atoms with Crippen LogP contribution in [0.3, 0.4) is 0 Å². The number of carbonyl (C=O) groups excluding carboxylic acids is 2. The molecule has 0 radical (unpaired) electrons. The van der Waals surface area contributed by atoms with Crippen LogP contribution in [0.5, 0.6) is 0 Å². The highest BCUT2D eigenvalue weighted by Crippen LogP contribution is 2.17. The summed E-state index contributed by atoms with van der Waals surface area (Å²) in [5, 5.41) is 1.80. The van der Waals surface area contributed by atoms with Gasteiger partial charge in [-0.05, 0) is 57.5 Å². The molecule has 0 aliphatic rings. The van der Waals surface area contributed by atoms with Gasteiger partial charge in [-0.25, -0.2) is 9.78 Å². The molecule has 0 unspecified atom stereocenters. The fraction of sp³-hybridized carbons (Fsp3) is 0.333. The molecule has 1 heterocycles. The summed E-state index contributed by atoms with van der Waals surface area (Å²) < 4.78 is 6.63. The molecule has 3 aromatic rings. The Morgan fingerprint density at radius 1 is 1.09 bits per heavy atom. The van der Waals surface area contributed by atoms with Crippen LogP contribution in [0.2, 0.25) is 0 Å². The number of aromatic nitrogens is 2. The Hall–Kier alpha value is -3.52. The number of aryl methyl sites for hydroxylation is 1. The lowest BCUT2D eigenvalue weighted by Gasteiger charge is -2.18. The Morgan fingerprint density at radius 3 is 2.44 bits per heavy atom. The van der Waals surface area contributed by atoms with Crippen LogP contribution in [0.1, 0.15) is 42.5 Å². The van der Waals surface area contributed by atoms with E-state index in [0.29, 0.717) is 22.3 Å². The first-order valence-corrected chi connectivity index (χ1v) is 10.2. The molecule has 3 rings (SSSR count). The van der Waals surface area contributed by atoms with Crippen LogP contribution in [0.4, 0.5) is 0 Å². The van der Waals surface area contributed by atoms with E-state index in [4.69, 9.17) is 9.57 Å². The van der Waals surface area contributed by atoms with Gasteiger partial charge in [0.1, 0.15) is 5.82 Å². The Morgan fingerprint density at radius 2 is 1.78 bits per heavy atom. The van der Waals surface area contributed by atoms with Crippen molar-refractivity contribution in [1.82, 2.24) is 14.6 Å². The number of nitrogens with zero attached hydrogens (tertiary/aromatic N) is 3. The van der Waals surface area contributed by atoms with E-state index in [1.54, 1.807) is 71.1 Å². The van der Waals surface area contributed by atoms with E-state index in [-0.39, 0.29) is 18.8 Å². The number of esters is 1. The van der Waals surface area contributed by atoms with Gasteiger partial charge >= 0.3 is 11.9 Å². The predicted molar refractivity (Wildman–Crippen MR) is 120 cm³/mol. The number of ether oxygens (including phenoxy) is 1. The summed E-state index contributed by atoms with van der Waals surface area (Å²) in [6, 6.07) is 14.0. The molecule has 0 spiro atoms. The number of benzene rings is 2. The number of rotatable bonds is 6. The third-order valence-corrected chi connectivity index (χ3v) is 4.80. The van der Waals surface area contributed by atoms with E-state index in [9.17, 15) is 14.4 Å². The summed E-state index contributed by atoms with van der Waals surface area (Å²) in [7, 11) is 1.64. The van der Waals surface area contributed by atoms with E-state index in [2.05, 4.69) is 4.98 Å². The number of carbonyl (C=O) groups is 2. The molecule has 0 atom stereocenters. The predicted octanol–water partition coefficient (Wildman–Crippen LogP) is 3.46. The van der Waals surface area contributed by atoms with Gasteiger partial charge in [-0.15, -0.1) is 5.06 Å². The molecule has 0 aliphatic carbocycles.